The number of amides is 3. The van der Waals surface area contributed by atoms with Crippen molar-refractivity contribution in [3.05, 3.63) is 10.8 Å². The molecule has 1 atom stereocenters. The zero-order valence-electron chi connectivity index (χ0n) is 20.2. The third-order valence-corrected chi connectivity index (χ3v) is 5.79. The topological polar surface area (TPSA) is 102 Å². The molecule has 1 aromatic rings. The smallest absolute Gasteiger partial charge is 0.423 e. The summed E-state index contributed by atoms with van der Waals surface area (Å²) in [5.74, 6) is -0.280. The second kappa shape index (κ2) is 9.56. The van der Waals surface area contributed by atoms with E-state index in [1.807, 2.05) is 0 Å². The fourth-order valence-electron chi connectivity index (χ4n) is 4.14. The van der Waals surface area contributed by atoms with Gasteiger partial charge in [0, 0.05) is 0 Å². The van der Waals surface area contributed by atoms with Crippen molar-refractivity contribution in [1.29, 1.82) is 0 Å². The zero-order valence-corrected chi connectivity index (χ0v) is 21.8. The van der Waals surface area contributed by atoms with Crippen molar-refractivity contribution in [2.24, 2.45) is 5.92 Å². The molecule has 1 saturated carbocycles. The largest absolute Gasteiger partial charge is 0.443 e. The lowest BCUT2D eigenvalue weighted by molar-refractivity contribution is -0.120. The van der Waals surface area contributed by atoms with Crippen molar-refractivity contribution in [1.82, 2.24) is 9.97 Å². The lowest BCUT2D eigenvalue weighted by Crippen LogP contribution is -2.59. The number of hydrogen-bond acceptors (Lipinski definition) is 7. The number of nitrogens with zero attached hydrogens (tertiary/aromatic N) is 4. The van der Waals surface area contributed by atoms with E-state index in [2.05, 4.69) is 25.9 Å². The van der Waals surface area contributed by atoms with E-state index in [0.29, 0.717) is 11.0 Å². The average molecular weight is 525 g/mol. The van der Waals surface area contributed by atoms with Crippen LogP contribution in [0.4, 0.5) is 21.2 Å². The first-order valence-electron chi connectivity index (χ1n) is 11.4. The van der Waals surface area contributed by atoms with E-state index in [1.54, 1.807) is 41.5 Å². The van der Waals surface area contributed by atoms with Gasteiger partial charge in [0.15, 0.2) is 11.6 Å². The maximum atomic E-state index is 13.8. The summed E-state index contributed by atoms with van der Waals surface area (Å²) in [6.45, 7) is 10.4. The molecular weight excluding hydrogens is 492 g/mol. The molecule has 0 aromatic carbocycles. The molecule has 10 heteroatoms. The molecule has 33 heavy (non-hydrogen) atoms. The maximum Gasteiger partial charge on any atom is 0.423 e. The van der Waals surface area contributed by atoms with Crippen LogP contribution < -0.4 is 9.80 Å². The van der Waals surface area contributed by atoms with Gasteiger partial charge < -0.3 is 9.47 Å². The fraction of sp³-hybridized carbons (Fsp3) is 0.696. The van der Waals surface area contributed by atoms with E-state index in [0.717, 1.165) is 37.0 Å². The van der Waals surface area contributed by atoms with Crippen molar-refractivity contribution in [3.8, 4) is 0 Å². The van der Waals surface area contributed by atoms with E-state index in [1.165, 1.54) is 11.1 Å². The monoisotopic (exact) mass is 524 g/mol. The molecule has 182 valence electrons. The van der Waals surface area contributed by atoms with Crippen LogP contribution in [0.15, 0.2) is 10.8 Å². The van der Waals surface area contributed by atoms with Crippen LogP contribution in [0.3, 0.4) is 0 Å². The molecule has 0 bridgehead atoms. The lowest BCUT2D eigenvalue weighted by Gasteiger charge is -2.41. The average Bonchev–Trinajstić information content (AvgIpc) is 2.66. The van der Waals surface area contributed by atoms with E-state index in [4.69, 9.17) is 9.47 Å². The molecule has 1 aromatic heterocycles. The number of anilines is 2. The van der Waals surface area contributed by atoms with Crippen molar-refractivity contribution in [2.45, 2.75) is 97.3 Å². The standard InChI is InChI=1S/C23H33BrN4O5/c1-22(2,3)32-20(30)27-15(12-14-10-8-7-9-11-14)19(29)28(21(31)33-23(4,5)6)17-18(27)26-16(24)13-25-17/h13-15H,7-12H2,1-6H3. The van der Waals surface area contributed by atoms with Crippen LogP contribution in [-0.4, -0.2) is 45.3 Å². The van der Waals surface area contributed by atoms with Crippen LogP contribution in [-0.2, 0) is 14.3 Å². The van der Waals surface area contributed by atoms with Crippen molar-refractivity contribution < 1.29 is 23.9 Å². The Balaban J connectivity index is 2.09. The number of hydrogen-bond donors (Lipinski definition) is 0. The van der Waals surface area contributed by atoms with Gasteiger partial charge in [-0.1, -0.05) is 32.1 Å². The zero-order chi connectivity index (χ0) is 24.6. The SMILES string of the molecule is CC(C)(C)OC(=O)N1C(=O)C(CC2CCCCC2)N(C(=O)OC(C)(C)C)c2nc(Br)cnc21. The van der Waals surface area contributed by atoms with Crippen LogP contribution in [0.25, 0.3) is 0 Å². The van der Waals surface area contributed by atoms with E-state index < -0.39 is 35.3 Å². The molecule has 0 radical (unpaired) electrons. The van der Waals surface area contributed by atoms with Crippen LogP contribution in [0.1, 0.15) is 80.1 Å². The van der Waals surface area contributed by atoms with Gasteiger partial charge in [0.2, 0.25) is 0 Å². The van der Waals surface area contributed by atoms with Gasteiger partial charge in [-0.2, -0.15) is 4.90 Å². The van der Waals surface area contributed by atoms with E-state index in [-0.39, 0.29) is 17.6 Å². The number of carbonyl (C=O) groups excluding carboxylic acids is 3. The van der Waals surface area contributed by atoms with Gasteiger partial charge in [-0.05, 0) is 69.8 Å². The minimum absolute atomic E-state index is 0.0526. The minimum atomic E-state index is -0.952. The summed E-state index contributed by atoms with van der Waals surface area (Å²) in [6.07, 6.45) is 5.49. The molecule has 0 N–H and O–H groups in total. The number of halogens is 1. The van der Waals surface area contributed by atoms with Crippen molar-refractivity contribution >= 4 is 45.7 Å². The van der Waals surface area contributed by atoms with Gasteiger partial charge in [-0.3, -0.25) is 4.79 Å². The molecule has 1 aliphatic heterocycles. The lowest BCUT2D eigenvalue weighted by atomic mass is 9.84. The van der Waals surface area contributed by atoms with Gasteiger partial charge in [0.05, 0.1) is 6.20 Å². The second-order valence-electron chi connectivity index (χ2n) is 10.6. The number of imide groups is 1. The van der Waals surface area contributed by atoms with E-state index in [9.17, 15) is 14.4 Å². The Kier molecular flexibility index (Phi) is 7.36. The number of rotatable bonds is 2. The summed E-state index contributed by atoms with van der Waals surface area (Å²) >= 11 is 3.30. The third-order valence-electron chi connectivity index (χ3n) is 5.41. The normalized spacial score (nSPS) is 19.8. The molecule has 1 aliphatic carbocycles. The van der Waals surface area contributed by atoms with Gasteiger partial charge in [-0.15, -0.1) is 0 Å². The summed E-state index contributed by atoms with van der Waals surface area (Å²) < 4.78 is 11.5. The Morgan fingerprint density at radius 2 is 1.58 bits per heavy atom. The Labute approximate surface area is 203 Å². The number of ether oxygens (including phenoxy) is 2. The summed E-state index contributed by atoms with van der Waals surface area (Å²) in [7, 11) is 0. The predicted octanol–water partition coefficient (Wildman–Crippen LogP) is 5.60. The highest BCUT2D eigenvalue weighted by molar-refractivity contribution is 9.10. The fourth-order valence-corrected chi connectivity index (χ4v) is 4.41. The minimum Gasteiger partial charge on any atom is -0.443 e. The van der Waals surface area contributed by atoms with Crippen LogP contribution in [0, 0.1) is 5.92 Å². The van der Waals surface area contributed by atoms with Crippen LogP contribution in [0.5, 0.6) is 0 Å². The Morgan fingerprint density at radius 1 is 1.00 bits per heavy atom. The molecule has 3 rings (SSSR count). The summed E-state index contributed by atoms with van der Waals surface area (Å²) in [5.41, 5.74) is -1.60. The summed E-state index contributed by atoms with van der Waals surface area (Å²) in [5, 5.41) is 0. The molecule has 1 fully saturated rings. The van der Waals surface area contributed by atoms with Gasteiger partial charge >= 0.3 is 12.2 Å². The predicted molar refractivity (Wildman–Crippen MR) is 127 cm³/mol. The molecule has 3 amide bonds. The highest BCUT2D eigenvalue weighted by atomic mass is 79.9. The highest BCUT2D eigenvalue weighted by Crippen LogP contribution is 2.39. The molecule has 0 saturated heterocycles. The third kappa shape index (κ3) is 6.22. The van der Waals surface area contributed by atoms with Crippen LogP contribution >= 0.6 is 15.9 Å². The van der Waals surface area contributed by atoms with Gasteiger partial charge in [-0.25, -0.2) is 24.5 Å². The van der Waals surface area contributed by atoms with Gasteiger partial charge in [0.1, 0.15) is 21.8 Å². The Morgan fingerprint density at radius 3 is 2.15 bits per heavy atom. The van der Waals surface area contributed by atoms with Crippen molar-refractivity contribution in [3.63, 3.8) is 0 Å². The first-order chi connectivity index (χ1) is 15.3. The summed E-state index contributed by atoms with van der Waals surface area (Å²) in [4.78, 5) is 51.0. The first kappa shape index (κ1) is 25.4. The molecular formula is C23H33BrN4O5. The second-order valence-corrected chi connectivity index (χ2v) is 11.4. The summed E-state index contributed by atoms with van der Waals surface area (Å²) in [6, 6.07) is -0.952. The molecule has 2 heterocycles. The Bertz CT molecular complexity index is 918. The van der Waals surface area contributed by atoms with E-state index >= 15 is 0 Å². The molecule has 9 nitrogen and oxygen atoms in total. The molecule has 2 aliphatic rings. The molecule has 1 unspecified atom stereocenters. The number of fused-ring (bicyclic) bond motifs is 1. The maximum absolute atomic E-state index is 13.8. The van der Waals surface area contributed by atoms with Gasteiger partial charge in [0.25, 0.3) is 5.91 Å². The Hall–Kier alpha value is -2.23. The molecule has 0 spiro atoms. The van der Waals surface area contributed by atoms with Crippen LogP contribution in [0.2, 0.25) is 0 Å². The number of carbonyl (C=O) groups is 3. The van der Waals surface area contributed by atoms with Crippen molar-refractivity contribution in [2.75, 3.05) is 9.80 Å². The quantitative estimate of drug-likeness (QED) is 0.495. The first-order valence-corrected chi connectivity index (χ1v) is 12.2. The number of aromatic nitrogens is 2. The highest BCUT2D eigenvalue weighted by Gasteiger charge is 2.49.